The van der Waals surface area contributed by atoms with E-state index in [1.165, 1.54) is 6.42 Å². The number of nitrogens with zero attached hydrogens (tertiary/aromatic N) is 1. The van der Waals surface area contributed by atoms with Gasteiger partial charge in [-0.15, -0.1) is 12.4 Å². The highest BCUT2D eigenvalue weighted by Gasteiger charge is 2.37. The molecule has 2 amide bonds. The zero-order valence-corrected chi connectivity index (χ0v) is 15.9. The molecule has 2 heterocycles. The Morgan fingerprint density at radius 1 is 1.12 bits per heavy atom. The first-order valence-corrected chi connectivity index (χ1v) is 9.52. The fraction of sp³-hybridized carbons (Fsp3) is 0.600. The van der Waals surface area contributed by atoms with Crippen molar-refractivity contribution in [2.45, 2.75) is 38.5 Å². The summed E-state index contributed by atoms with van der Waals surface area (Å²) >= 11 is 0. The van der Waals surface area contributed by atoms with Crippen LogP contribution < -0.4 is 10.6 Å². The molecule has 0 unspecified atom stereocenters. The molecule has 0 atom stereocenters. The minimum absolute atomic E-state index is 0. The summed E-state index contributed by atoms with van der Waals surface area (Å²) in [5, 5.41) is 6.40. The molecule has 2 N–H and O–H groups in total. The number of benzene rings is 1. The molecule has 4 rings (SSSR count). The standard InChI is InChI=1S/C20H27N3O2.ClH/c24-18(23-11-8-20(9-12-23)7-10-21-14-20)13-15-1-5-17(6-2-15)22-19(25)16-3-4-16;/h1-2,5-6,16,21H,3-4,7-14H2,(H,22,25);1H. The minimum Gasteiger partial charge on any atom is -0.342 e. The minimum atomic E-state index is 0. The van der Waals surface area contributed by atoms with Gasteiger partial charge in [-0.1, -0.05) is 12.1 Å². The maximum Gasteiger partial charge on any atom is 0.227 e. The second kappa shape index (κ2) is 7.97. The highest BCUT2D eigenvalue weighted by Crippen LogP contribution is 2.37. The van der Waals surface area contributed by atoms with Gasteiger partial charge in [0.05, 0.1) is 6.42 Å². The number of rotatable bonds is 4. The van der Waals surface area contributed by atoms with Crippen LogP contribution >= 0.6 is 12.4 Å². The lowest BCUT2D eigenvalue weighted by molar-refractivity contribution is -0.132. The van der Waals surface area contributed by atoms with E-state index < -0.39 is 0 Å². The molecule has 2 aliphatic heterocycles. The second-order valence-corrected chi connectivity index (χ2v) is 7.94. The normalized spacial score (nSPS) is 21.3. The first kappa shape index (κ1) is 19.2. The predicted molar refractivity (Wildman–Crippen MR) is 104 cm³/mol. The number of likely N-dealkylation sites (tertiary alicyclic amines) is 1. The molecule has 1 aliphatic carbocycles. The van der Waals surface area contributed by atoms with E-state index in [0.717, 1.165) is 63.1 Å². The average Bonchev–Trinajstić information content (AvgIpc) is 3.39. The molecule has 0 aromatic heterocycles. The number of piperidine rings is 1. The Kier molecular flexibility index (Phi) is 5.88. The second-order valence-electron chi connectivity index (χ2n) is 7.94. The van der Waals surface area contributed by atoms with E-state index in [1.807, 2.05) is 29.2 Å². The van der Waals surface area contributed by atoms with Gasteiger partial charge in [0.2, 0.25) is 11.8 Å². The van der Waals surface area contributed by atoms with Crippen LogP contribution in [0, 0.1) is 11.3 Å². The van der Waals surface area contributed by atoms with E-state index in [1.54, 1.807) is 0 Å². The molecule has 1 aromatic carbocycles. The lowest BCUT2D eigenvalue weighted by Crippen LogP contribution is -2.44. The summed E-state index contributed by atoms with van der Waals surface area (Å²) < 4.78 is 0. The third-order valence-electron chi connectivity index (χ3n) is 6.03. The Labute approximate surface area is 161 Å². The number of nitrogens with one attached hydrogen (secondary N) is 2. The number of carbonyl (C=O) groups is 2. The van der Waals surface area contributed by atoms with Crippen LogP contribution in [0.5, 0.6) is 0 Å². The molecule has 3 aliphatic rings. The summed E-state index contributed by atoms with van der Waals surface area (Å²) in [6, 6.07) is 7.70. The fourth-order valence-corrected chi connectivity index (χ4v) is 4.03. The monoisotopic (exact) mass is 377 g/mol. The van der Waals surface area contributed by atoms with Gasteiger partial charge in [0, 0.05) is 31.2 Å². The Morgan fingerprint density at radius 2 is 1.81 bits per heavy atom. The van der Waals surface area contributed by atoms with Crippen molar-refractivity contribution in [3.05, 3.63) is 29.8 Å². The van der Waals surface area contributed by atoms with E-state index >= 15 is 0 Å². The third kappa shape index (κ3) is 4.38. The van der Waals surface area contributed by atoms with Crippen LogP contribution in [0.2, 0.25) is 0 Å². The van der Waals surface area contributed by atoms with Gasteiger partial charge < -0.3 is 15.5 Å². The van der Waals surface area contributed by atoms with E-state index in [4.69, 9.17) is 0 Å². The van der Waals surface area contributed by atoms with Gasteiger partial charge in [0.15, 0.2) is 0 Å². The summed E-state index contributed by atoms with van der Waals surface area (Å²) in [5.74, 6) is 0.543. The Balaban J connectivity index is 0.00000196. The predicted octanol–water partition coefficient (Wildman–Crippen LogP) is 2.60. The number of hydrogen-bond acceptors (Lipinski definition) is 3. The van der Waals surface area contributed by atoms with E-state index in [-0.39, 0.29) is 30.1 Å². The number of halogens is 1. The van der Waals surface area contributed by atoms with Crippen LogP contribution in [0.15, 0.2) is 24.3 Å². The van der Waals surface area contributed by atoms with Gasteiger partial charge in [-0.2, -0.15) is 0 Å². The molecular weight excluding hydrogens is 350 g/mol. The molecule has 26 heavy (non-hydrogen) atoms. The number of amides is 2. The summed E-state index contributed by atoms with van der Waals surface area (Å²) in [6.07, 6.45) is 5.96. The topological polar surface area (TPSA) is 61.4 Å². The van der Waals surface area contributed by atoms with Crippen LogP contribution in [0.3, 0.4) is 0 Å². The first-order valence-electron chi connectivity index (χ1n) is 9.52. The molecule has 6 heteroatoms. The van der Waals surface area contributed by atoms with Gasteiger partial charge in [0.1, 0.15) is 0 Å². The molecule has 2 saturated heterocycles. The number of anilines is 1. The quantitative estimate of drug-likeness (QED) is 0.847. The maximum absolute atomic E-state index is 12.6. The molecule has 1 aromatic rings. The van der Waals surface area contributed by atoms with Crippen molar-refractivity contribution < 1.29 is 9.59 Å². The van der Waals surface area contributed by atoms with Crippen molar-refractivity contribution in [2.75, 3.05) is 31.5 Å². The highest BCUT2D eigenvalue weighted by atomic mass is 35.5. The van der Waals surface area contributed by atoms with E-state index in [9.17, 15) is 9.59 Å². The maximum atomic E-state index is 12.6. The smallest absolute Gasteiger partial charge is 0.227 e. The van der Waals surface area contributed by atoms with Crippen molar-refractivity contribution in [1.29, 1.82) is 0 Å². The zero-order chi connectivity index (χ0) is 17.3. The summed E-state index contributed by atoms with van der Waals surface area (Å²) in [6.45, 7) is 4.01. The lowest BCUT2D eigenvalue weighted by Gasteiger charge is -2.39. The Morgan fingerprint density at radius 3 is 2.38 bits per heavy atom. The van der Waals surface area contributed by atoms with E-state index in [0.29, 0.717) is 11.8 Å². The van der Waals surface area contributed by atoms with Gasteiger partial charge in [0.25, 0.3) is 0 Å². The first-order chi connectivity index (χ1) is 12.1. The van der Waals surface area contributed by atoms with Crippen molar-refractivity contribution in [3.63, 3.8) is 0 Å². The molecule has 1 spiro atoms. The largest absolute Gasteiger partial charge is 0.342 e. The zero-order valence-electron chi connectivity index (χ0n) is 15.1. The van der Waals surface area contributed by atoms with Crippen molar-refractivity contribution in [1.82, 2.24) is 10.2 Å². The van der Waals surface area contributed by atoms with Crippen LogP contribution in [-0.2, 0) is 16.0 Å². The van der Waals surface area contributed by atoms with Crippen molar-refractivity contribution >= 4 is 29.9 Å². The van der Waals surface area contributed by atoms with Gasteiger partial charge in [-0.05, 0) is 61.8 Å². The molecule has 0 bridgehead atoms. The number of hydrogen-bond donors (Lipinski definition) is 2. The molecule has 0 radical (unpaired) electrons. The summed E-state index contributed by atoms with van der Waals surface area (Å²) in [4.78, 5) is 26.4. The molecule has 5 nitrogen and oxygen atoms in total. The Bertz CT molecular complexity index is 642. The summed E-state index contributed by atoms with van der Waals surface area (Å²) in [5.41, 5.74) is 2.28. The van der Waals surface area contributed by atoms with Gasteiger partial charge >= 0.3 is 0 Å². The third-order valence-corrected chi connectivity index (χ3v) is 6.03. The SMILES string of the molecule is Cl.O=C(Nc1ccc(CC(=O)N2CCC3(CCNC3)CC2)cc1)C1CC1. The molecule has 3 fully saturated rings. The summed E-state index contributed by atoms with van der Waals surface area (Å²) in [7, 11) is 0. The highest BCUT2D eigenvalue weighted by molar-refractivity contribution is 5.94. The van der Waals surface area contributed by atoms with Crippen LogP contribution in [0.4, 0.5) is 5.69 Å². The molecule has 142 valence electrons. The average molecular weight is 378 g/mol. The van der Waals surface area contributed by atoms with Crippen molar-refractivity contribution in [3.8, 4) is 0 Å². The molecule has 1 saturated carbocycles. The lowest BCUT2D eigenvalue weighted by atomic mass is 9.78. The van der Waals surface area contributed by atoms with Gasteiger partial charge in [-0.3, -0.25) is 9.59 Å². The van der Waals surface area contributed by atoms with E-state index in [2.05, 4.69) is 10.6 Å². The fourth-order valence-electron chi connectivity index (χ4n) is 4.03. The van der Waals surface area contributed by atoms with Crippen LogP contribution in [-0.4, -0.2) is 42.9 Å². The van der Waals surface area contributed by atoms with Crippen molar-refractivity contribution in [2.24, 2.45) is 11.3 Å². The Hall–Kier alpha value is -1.59. The van der Waals surface area contributed by atoms with Gasteiger partial charge in [-0.25, -0.2) is 0 Å². The van der Waals surface area contributed by atoms with Crippen LogP contribution in [0.1, 0.15) is 37.7 Å². The molecular formula is C20H28ClN3O2. The van der Waals surface area contributed by atoms with Crippen LogP contribution in [0.25, 0.3) is 0 Å². The number of carbonyl (C=O) groups excluding carboxylic acids is 2.